The van der Waals surface area contributed by atoms with Gasteiger partial charge in [0.05, 0.1) is 10.5 Å². The molecule has 0 saturated heterocycles. The highest BCUT2D eigenvalue weighted by Crippen LogP contribution is 2.30. The second kappa shape index (κ2) is 6.17. The van der Waals surface area contributed by atoms with E-state index in [2.05, 4.69) is 0 Å². The Morgan fingerprint density at radius 2 is 2.16 bits per heavy atom. The second-order valence-corrected chi connectivity index (χ2v) is 4.63. The lowest BCUT2D eigenvalue weighted by molar-refractivity contribution is -0.385. The zero-order chi connectivity index (χ0) is 14.6. The fourth-order valence-corrected chi connectivity index (χ4v) is 1.74. The Kier molecular flexibility index (Phi) is 4.86. The van der Waals surface area contributed by atoms with Gasteiger partial charge < -0.3 is 10.0 Å². The number of nitro benzene ring substituents is 1. The molecule has 104 valence electrons. The number of amides is 1. The first-order valence-electron chi connectivity index (χ1n) is 6.10. The predicted octanol–water partition coefficient (Wildman–Crippen LogP) is 2.42. The lowest BCUT2D eigenvalue weighted by atomic mass is 10.1. The van der Waals surface area contributed by atoms with E-state index in [4.69, 9.17) is 0 Å². The number of para-hydroxylation sites is 1. The van der Waals surface area contributed by atoms with E-state index in [1.54, 1.807) is 7.05 Å². The maximum Gasteiger partial charge on any atom is 0.311 e. The van der Waals surface area contributed by atoms with Crippen LogP contribution in [0.2, 0.25) is 0 Å². The van der Waals surface area contributed by atoms with Crippen LogP contribution in [0.15, 0.2) is 18.2 Å². The smallest absolute Gasteiger partial charge is 0.311 e. The van der Waals surface area contributed by atoms with Gasteiger partial charge >= 0.3 is 5.69 Å². The largest absolute Gasteiger partial charge is 0.502 e. The van der Waals surface area contributed by atoms with Crippen LogP contribution in [0.4, 0.5) is 5.69 Å². The average Bonchev–Trinajstić information content (AvgIpc) is 2.37. The Morgan fingerprint density at radius 1 is 1.53 bits per heavy atom. The van der Waals surface area contributed by atoms with Gasteiger partial charge in [-0.2, -0.15) is 0 Å². The number of rotatable bonds is 5. The summed E-state index contributed by atoms with van der Waals surface area (Å²) in [6.45, 7) is 4.57. The van der Waals surface area contributed by atoms with Crippen LogP contribution in [0.5, 0.6) is 5.75 Å². The van der Waals surface area contributed by atoms with Crippen molar-refractivity contribution in [3.05, 3.63) is 33.9 Å². The number of phenolic OH excluding ortho intramolecular Hbond substituents is 1. The van der Waals surface area contributed by atoms with Crippen LogP contribution in [0.25, 0.3) is 0 Å². The molecule has 1 unspecified atom stereocenters. The zero-order valence-electron chi connectivity index (χ0n) is 11.3. The van der Waals surface area contributed by atoms with E-state index in [0.29, 0.717) is 12.5 Å². The topological polar surface area (TPSA) is 83.7 Å². The molecule has 6 nitrogen and oxygen atoms in total. The molecule has 0 aliphatic carbocycles. The van der Waals surface area contributed by atoms with Gasteiger partial charge in [0.25, 0.3) is 5.91 Å². The summed E-state index contributed by atoms with van der Waals surface area (Å²) in [5.74, 6) is -0.662. The van der Waals surface area contributed by atoms with Crippen LogP contribution in [0.3, 0.4) is 0 Å². The highest BCUT2D eigenvalue weighted by molar-refractivity contribution is 5.97. The molecule has 1 aromatic rings. The van der Waals surface area contributed by atoms with Crippen LogP contribution in [0, 0.1) is 16.0 Å². The van der Waals surface area contributed by atoms with E-state index in [0.717, 1.165) is 6.42 Å². The lowest BCUT2D eigenvalue weighted by Gasteiger charge is -2.21. The second-order valence-electron chi connectivity index (χ2n) is 4.63. The molecule has 19 heavy (non-hydrogen) atoms. The molecule has 0 aliphatic rings. The Labute approximate surface area is 111 Å². The van der Waals surface area contributed by atoms with E-state index in [1.807, 2.05) is 13.8 Å². The van der Waals surface area contributed by atoms with Gasteiger partial charge in [0.15, 0.2) is 0 Å². The van der Waals surface area contributed by atoms with E-state index >= 15 is 0 Å². The third kappa shape index (κ3) is 3.43. The third-order valence-corrected chi connectivity index (χ3v) is 3.07. The summed E-state index contributed by atoms with van der Waals surface area (Å²) in [4.78, 5) is 23.6. The van der Waals surface area contributed by atoms with Gasteiger partial charge in [-0.05, 0) is 12.0 Å². The maximum absolute atomic E-state index is 12.1. The number of carbonyl (C=O) groups excluding carboxylic acids is 1. The number of aromatic hydroxyl groups is 1. The zero-order valence-corrected chi connectivity index (χ0v) is 11.3. The fraction of sp³-hybridized carbons (Fsp3) is 0.462. The van der Waals surface area contributed by atoms with Gasteiger partial charge in [0.1, 0.15) is 0 Å². The standard InChI is InChI=1S/C13H18N2O4/c1-4-9(2)8-14(3)13(17)10-6-5-7-11(12(10)16)15(18)19/h5-7,9,16H,4,8H2,1-3H3. The summed E-state index contributed by atoms with van der Waals surface area (Å²) in [6.07, 6.45) is 0.929. The lowest BCUT2D eigenvalue weighted by Crippen LogP contribution is -2.31. The molecule has 0 radical (unpaired) electrons. The maximum atomic E-state index is 12.1. The van der Waals surface area contributed by atoms with E-state index in [-0.39, 0.29) is 5.56 Å². The first kappa shape index (κ1) is 14.9. The number of carbonyl (C=O) groups is 1. The molecule has 0 spiro atoms. The number of nitro groups is 1. The predicted molar refractivity (Wildman–Crippen MR) is 71.2 cm³/mol. The van der Waals surface area contributed by atoms with Crippen molar-refractivity contribution in [1.29, 1.82) is 0 Å². The summed E-state index contributed by atoms with van der Waals surface area (Å²) >= 11 is 0. The molecule has 0 saturated carbocycles. The van der Waals surface area contributed by atoms with Crippen molar-refractivity contribution in [1.82, 2.24) is 4.90 Å². The van der Waals surface area contributed by atoms with Crippen LogP contribution in [-0.2, 0) is 0 Å². The number of nitrogens with zero attached hydrogens (tertiary/aromatic N) is 2. The van der Waals surface area contributed by atoms with Crippen molar-refractivity contribution in [3.63, 3.8) is 0 Å². The summed E-state index contributed by atoms with van der Waals surface area (Å²) in [5, 5.41) is 20.5. The molecule has 6 heteroatoms. The van der Waals surface area contributed by atoms with Gasteiger partial charge in [-0.3, -0.25) is 14.9 Å². The monoisotopic (exact) mass is 266 g/mol. The van der Waals surface area contributed by atoms with Crippen molar-refractivity contribution in [2.24, 2.45) is 5.92 Å². The summed E-state index contributed by atoms with van der Waals surface area (Å²) in [6, 6.07) is 3.95. The quantitative estimate of drug-likeness (QED) is 0.655. The molecule has 0 aliphatic heterocycles. The minimum absolute atomic E-state index is 0.0417. The Bertz CT molecular complexity index is 488. The van der Waals surface area contributed by atoms with Crippen molar-refractivity contribution < 1.29 is 14.8 Å². The first-order valence-corrected chi connectivity index (χ1v) is 6.10. The van der Waals surface area contributed by atoms with Gasteiger partial charge in [0.2, 0.25) is 5.75 Å². The summed E-state index contributed by atoms with van der Waals surface area (Å²) < 4.78 is 0. The summed E-state index contributed by atoms with van der Waals surface area (Å²) in [7, 11) is 1.62. The molecule has 1 atom stereocenters. The van der Waals surface area contributed by atoms with Crippen LogP contribution < -0.4 is 0 Å². The minimum atomic E-state index is -0.708. The minimum Gasteiger partial charge on any atom is -0.502 e. The van der Waals surface area contributed by atoms with E-state index in [1.165, 1.54) is 23.1 Å². The van der Waals surface area contributed by atoms with Crippen LogP contribution >= 0.6 is 0 Å². The Morgan fingerprint density at radius 3 is 2.68 bits per heavy atom. The molecule has 0 fully saturated rings. The molecule has 1 N–H and O–H groups in total. The molecule has 1 rings (SSSR count). The van der Waals surface area contributed by atoms with Crippen molar-refractivity contribution in [3.8, 4) is 5.75 Å². The normalized spacial score (nSPS) is 11.9. The van der Waals surface area contributed by atoms with E-state index in [9.17, 15) is 20.0 Å². The number of hydrogen-bond acceptors (Lipinski definition) is 4. The summed E-state index contributed by atoms with van der Waals surface area (Å²) in [5.41, 5.74) is -0.497. The number of hydrogen-bond donors (Lipinski definition) is 1. The van der Waals surface area contributed by atoms with Crippen molar-refractivity contribution in [2.45, 2.75) is 20.3 Å². The van der Waals surface area contributed by atoms with Gasteiger partial charge in [-0.1, -0.05) is 26.3 Å². The Balaban J connectivity index is 3.00. The molecule has 0 heterocycles. The average molecular weight is 266 g/mol. The van der Waals surface area contributed by atoms with Crippen LogP contribution in [-0.4, -0.2) is 34.4 Å². The third-order valence-electron chi connectivity index (χ3n) is 3.07. The van der Waals surface area contributed by atoms with Gasteiger partial charge in [-0.15, -0.1) is 0 Å². The molecular formula is C13H18N2O4. The molecule has 1 aromatic carbocycles. The van der Waals surface area contributed by atoms with Gasteiger partial charge in [0, 0.05) is 19.7 Å². The fourth-order valence-electron chi connectivity index (χ4n) is 1.74. The van der Waals surface area contributed by atoms with E-state index < -0.39 is 22.3 Å². The number of benzene rings is 1. The molecular weight excluding hydrogens is 248 g/mol. The molecule has 1 amide bonds. The highest BCUT2D eigenvalue weighted by atomic mass is 16.6. The molecule has 0 bridgehead atoms. The first-order chi connectivity index (χ1) is 8.88. The molecule has 0 aromatic heterocycles. The van der Waals surface area contributed by atoms with Crippen molar-refractivity contribution in [2.75, 3.05) is 13.6 Å². The number of phenols is 1. The SMILES string of the molecule is CCC(C)CN(C)C(=O)c1cccc([N+](=O)[O-])c1O. The van der Waals surface area contributed by atoms with Crippen molar-refractivity contribution >= 4 is 11.6 Å². The highest BCUT2D eigenvalue weighted by Gasteiger charge is 2.23. The van der Waals surface area contributed by atoms with Crippen LogP contribution in [0.1, 0.15) is 30.6 Å². The van der Waals surface area contributed by atoms with Gasteiger partial charge in [-0.25, -0.2) is 0 Å². The Hall–Kier alpha value is -2.11.